The number of H-pyrrole nitrogens is 1. The second-order valence-corrected chi connectivity index (χ2v) is 8.19. The lowest BCUT2D eigenvalue weighted by atomic mass is 9.93. The Balaban J connectivity index is 1.38. The molecule has 0 atom stereocenters. The lowest BCUT2D eigenvalue weighted by molar-refractivity contribution is 0.199. The maximum absolute atomic E-state index is 12.3. The first-order chi connectivity index (χ1) is 15.1. The number of piperidine rings is 1. The summed E-state index contributed by atoms with van der Waals surface area (Å²) in [6.07, 6.45) is 6.52. The Morgan fingerprint density at radius 2 is 1.94 bits per heavy atom. The number of rotatable bonds is 7. The SMILES string of the molecule is COCCc1ncc(CN2CCC(c3cc(=O)[nH]c(-c4cccc(C)c4)n3)CC2)cn1. The van der Waals surface area contributed by atoms with Gasteiger partial charge in [0.05, 0.1) is 12.3 Å². The van der Waals surface area contributed by atoms with E-state index >= 15 is 0 Å². The average Bonchev–Trinajstić information content (AvgIpc) is 2.79. The van der Waals surface area contributed by atoms with Crippen molar-refractivity contribution in [1.29, 1.82) is 0 Å². The summed E-state index contributed by atoms with van der Waals surface area (Å²) in [7, 11) is 1.68. The Morgan fingerprint density at radius 1 is 1.16 bits per heavy atom. The molecule has 1 aliphatic rings. The molecule has 7 heteroatoms. The van der Waals surface area contributed by atoms with Crippen LogP contribution in [0.25, 0.3) is 11.4 Å². The molecule has 2 aromatic heterocycles. The highest BCUT2D eigenvalue weighted by atomic mass is 16.5. The Bertz CT molecular complexity index is 1060. The van der Waals surface area contributed by atoms with E-state index in [1.807, 2.05) is 43.6 Å². The van der Waals surface area contributed by atoms with E-state index in [0.717, 1.165) is 67.1 Å². The van der Waals surface area contributed by atoms with Crippen molar-refractivity contribution in [1.82, 2.24) is 24.8 Å². The van der Waals surface area contributed by atoms with Crippen molar-refractivity contribution in [3.05, 3.63) is 75.7 Å². The van der Waals surface area contributed by atoms with Gasteiger partial charge in [-0.3, -0.25) is 9.69 Å². The molecular weight excluding hydrogens is 390 g/mol. The second-order valence-electron chi connectivity index (χ2n) is 8.19. The van der Waals surface area contributed by atoms with Crippen LogP contribution < -0.4 is 5.56 Å². The molecule has 0 bridgehead atoms. The molecule has 4 rings (SSSR count). The number of benzene rings is 1. The van der Waals surface area contributed by atoms with Gasteiger partial charge in [-0.05, 0) is 38.9 Å². The van der Waals surface area contributed by atoms with E-state index in [1.54, 1.807) is 13.2 Å². The van der Waals surface area contributed by atoms with E-state index in [1.165, 1.54) is 0 Å². The molecule has 3 heterocycles. The lowest BCUT2D eigenvalue weighted by Crippen LogP contribution is -2.33. The van der Waals surface area contributed by atoms with Gasteiger partial charge in [-0.25, -0.2) is 15.0 Å². The van der Waals surface area contributed by atoms with Crippen molar-refractivity contribution >= 4 is 0 Å². The molecule has 0 saturated carbocycles. The van der Waals surface area contributed by atoms with Crippen LogP contribution in [0.3, 0.4) is 0 Å². The summed E-state index contributed by atoms with van der Waals surface area (Å²) >= 11 is 0. The number of aryl methyl sites for hydroxylation is 1. The predicted octanol–water partition coefficient (Wildman–Crippen LogP) is 3.10. The van der Waals surface area contributed by atoms with Gasteiger partial charge >= 0.3 is 0 Å². The van der Waals surface area contributed by atoms with Crippen LogP contribution in [-0.4, -0.2) is 51.6 Å². The minimum absolute atomic E-state index is 0.0883. The first-order valence-electron chi connectivity index (χ1n) is 10.8. The van der Waals surface area contributed by atoms with Crippen molar-refractivity contribution in [2.24, 2.45) is 0 Å². The lowest BCUT2D eigenvalue weighted by Gasteiger charge is -2.31. The number of hydrogen-bond acceptors (Lipinski definition) is 6. The van der Waals surface area contributed by atoms with Gasteiger partial charge in [0.15, 0.2) is 0 Å². The molecule has 1 aromatic carbocycles. The Morgan fingerprint density at radius 3 is 2.65 bits per heavy atom. The van der Waals surface area contributed by atoms with Crippen molar-refractivity contribution < 1.29 is 4.74 Å². The highest BCUT2D eigenvalue weighted by molar-refractivity contribution is 5.55. The van der Waals surface area contributed by atoms with Gasteiger partial charge in [-0.1, -0.05) is 23.8 Å². The third kappa shape index (κ3) is 5.62. The van der Waals surface area contributed by atoms with Crippen LogP contribution >= 0.6 is 0 Å². The van der Waals surface area contributed by atoms with E-state index in [4.69, 9.17) is 9.72 Å². The number of ether oxygens (including phenoxy) is 1. The van der Waals surface area contributed by atoms with Crippen LogP contribution in [0.4, 0.5) is 0 Å². The zero-order valence-corrected chi connectivity index (χ0v) is 18.2. The van der Waals surface area contributed by atoms with E-state index in [9.17, 15) is 4.79 Å². The molecule has 0 radical (unpaired) electrons. The van der Waals surface area contributed by atoms with E-state index in [0.29, 0.717) is 18.3 Å². The molecule has 31 heavy (non-hydrogen) atoms. The Hall–Kier alpha value is -2.90. The summed E-state index contributed by atoms with van der Waals surface area (Å²) in [5, 5.41) is 0. The standard InChI is InChI=1S/C24H29N5O2/c1-17-4-3-5-20(12-17)24-27-21(13-23(30)28-24)19-6-9-29(10-7-19)16-18-14-25-22(26-15-18)8-11-31-2/h3-5,12-15,19H,6-11,16H2,1-2H3,(H,27,28,30). The van der Waals surface area contributed by atoms with Crippen LogP contribution in [-0.2, 0) is 17.7 Å². The topological polar surface area (TPSA) is 84.0 Å². The van der Waals surface area contributed by atoms with Crippen molar-refractivity contribution in [3.63, 3.8) is 0 Å². The van der Waals surface area contributed by atoms with E-state index in [-0.39, 0.29) is 5.56 Å². The monoisotopic (exact) mass is 419 g/mol. The fourth-order valence-electron chi connectivity index (χ4n) is 4.05. The van der Waals surface area contributed by atoms with Crippen molar-refractivity contribution in [3.8, 4) is 11.4 Å². The average molecular weight is 420 g/mol. The van der Waals surface area contributed by atoms with Gasteiger partial charge in [0.2, 0.25) is 0 Å². The summed E-state index contributed by atoms with van der Waals surface area (Å²) in [5.74, 6) is 1.77. The van der Waals surface area contributed by atoms with Crippen molar-refractivity contribution in [2.45, 2.75) is 38.6 Å². The summed E-state index contributed by atoms with van der Waals surface area (Å²) in [5.41, 5.74) is 4.02. The fourth-order valence-corrected chi connectivity index (χ4v) is 4.05. The quantitative estimate of drug-likeness (QED) is 0.634. The maximum atomic E-state index is 12.3. The minimum atomic E-state index is -0.0883. The van der Waals surface area contributed by atoms with Crippen LogP contribution in [0.5, 0.6) is 0 Å². The van der Waals surface area contributed by atoms with Gasteiger partial charge in [-0.2, -0.15) is 0 Å². The molecule has 1 saturated heterocycles. The normalized spacial score (nSPS) is 15.3. The summed E-state index contributed by atoms with van der Waals surface area (Å²) < 4.78 is 5.07. The molecule has 1 aliphatic heterocycles. The molecule has 7 nitrogen and oxygen atoms in total. The van der Waals surface area contributed by atoms with E-state index < -0.39 is 0 Å². The molecule has 0 aliphatic carbocycles. The number of aromatic nitrogens is 4. The smallest absolute Gasteiger partial charge is 0.251 e. The fraction of sp³-hybridized carbons (Fsp3) is 0.417. The van der Waals surface area contributed by atoms with Gasteiger partial charge in [-0.15, -0.1) is 0 Å². The number of nitrogens with zero attached hydrogens (tertiary/aromatic N) is 4. The summed E-state index contributed by atoms with van der Waals surface area (Å²) in [6.45, 7) is 5.44. The number of methoxy groups -OCH3 is 1. The van der Waals surface area contributed by atoms with Gasteiger partial charge in [0.25, 0.3) is 5.56 Å². The third-order valence-electron chi connectivity index (χ3n) is 5.75. The first-order valence-corrected chi connectivity index (χ1v) is 10.8. The molecule has 3 aromatic rings. The van der Waals surface area contributed by atoms with Crippen molar-refractivity contribution in [2.75, 3.05) is 26.8 Å². The number of nitrogens with one attached hydrogen (secondary N) is 1. The third-order valence-corrected chi connectivity index (χ3v) is 5.75. The van der Waals surface area contributed by atoms with Gasteiger partial charge in [0, 0.05) is 55.6 Å². The van der Waals surface area contributed by atoms with Gasteiger partial charge < -0.3 is 9.72 Å². The Labute approximate surface area is 182 Å². The van der Waals surface area contributed by atoms with Crippen LogP contribution in [0, 0.1) is 6.92 Å². The number of likely N-dealkylation sites (tertiary alicyclic amines) is 1. The molecule has 0 amide bonds. The molecule has 162 valence electrons. The molecule has 0 unspecified atom stereocenters. The zero-order chi connectivity index (χ0) is 21.6. The number of aromatic amines is 1. The largest absolute Gasteiger partial charge is 0.384 e. The molecule has 1 fully saturated rings. The van der Waals surface area contributed by atoms with Gasteiger partial charge in [0.1, 0.15) is 11.6 Å². The molecule has 0 spiro atoms. The van der Waals surface area contributed by atoms with Crippen LogP contribution in [0.15, 0.2) is 47.5 Å². The maximum Gasteiger partial charge on any atom is 0.251 e. The highest BCUT2D eigenvalue weighted by Crippen LogP contribution is 2.28. The first kappa shape index (κ1) is 21.3. The summed E-state index contributed by atoms with van der Waals surface area (Å²) in [4.78, 5) is 31.3. The molecular formula is C24H29N5O2. The Kier molecular flexibility index (Phi) is 6.84. The predicted molar refractivity (Wildman–Crippen MR) is 120 cm³/mol. The zero-order valence-electron chi connectivity index (χ0n) is 18.2. The second kappa shape index (κ2) is 9.94. The summed E-state index contributed by atoms with van der Waals surface area (Å²) in [6, 6.07) is 9.73. The minimum Gasteiger partial charge on any atom is -0.384 e. The number of hydrogen-bond donors (Lipinski definition) is 1. The van der Waals surface area contributed by atoms with Crippen LogP contribution in [0.1, 0.15) is 41.4 Å². The van der Waals surface area contributed by atoms with E-state index in [2.05, 4.69) is 19.9 Å². The highest BCUT2D eigenvalue weighted by Gasteiger charge is 2.23. The van der Waals surface area contributed by atoms with Crippen LogP contribution in [0.2, 0.25) is 0 Å². The molecule has 1 N–H and O–H groups in total.